The van der Waals surface area contributed by atoms with Crippen molar-refractivity contribution >= 4 is 46.3 Å². The molecule has 8 nitrogen and oxygen atoms in total. The molecule has 0 fully saturated rings. The molecule has 1 aromatic heterocycles. The molecule has 1 aliphatic heterocycles. The molecule has 1 atom stereocenters. The van der Waals surface area contributed by atoms with Gasteiger partial charge in [0.05, 0.1) is 29.1 Å². The van der Waals surface area contributed by atoms with Gasteiger partial charge >= 0.3 is 12.0 Å². The third-order valence-electron chi connectivity index (χ3n) is 4.54. The minimum Gasteiger partial charge on any atom is -0.463 e. The molecule has 0 aliphatic carbocycles. The lowest BCUT2D eigenvalue weighted by atomic mass is 10.1. The molecule has 0 saturated carbocycles. The van der Waals surface area contributed by atoms with Crippen molar-refractivity contribution in [1.82, 2.24) is 20.2 Å². The monoisotopic (exact) mass is 450 g/mol. The zero-order valence-corrected chi connectivity index (χ0v) is 18.5. The standard InChI is InChI=1S/C20H23ClN4O4S/c1-4-8-25-17(26)13-7-6-12(21)9-14(13)24-20(25)30-10-15-16(18(27)29-5-2)11(3)22-19(28)23-15/h6-7,9,11H,4-5,8,10H2,1-3H3,(H2,22,23,28). The first kappa shape index (κ1) is 22.2. The van der Waals surface area contributed by atoms with Gasteiger partial charge in [0.2, 0.25) is 0 Å². The van der Waals surface area contributed by atoms with E-state index in [1.165, 1.54) is 11.8 Å². The SMILES string of the molecule is CCCn1c(SCC2=C(C(=O)OCC)C(C)NC(=O)N2)nc2cc(Cl)ccc2c1=O. The number of fused-ring (bicyclic) bond motifs is 1. The van der Waals surface area contributed by atoms with Crippen molar-refractivity contribution in [3.63, 3.8) is 0 Å². The zero-order valence-electron chi connectivity index (χ0n) is 17.0. The zero-order chi connectivity index (χ0) is 21.8. The van der Waals surface area contributed by atoms with Crippen LogP contribution in [0, 0.1) is 0 Å². The first-order valence-electron chi connectivity index (χ1n) is 9.66. The highest BCUT2D eigenvalue weighted by Gasteiger charge is 2.30. The van der Waals surface area contributed by atoms with E-state index >= 15 is 0 Å². The number of thioether (sulfide) groups is 1. The predicted octanol–water partition coefficient (Wildman–Crippen LogP) is 3.07. The number of amides is 2. The van der Waals surface area contributed by atoms with E-state index in [-0.39, 0.29) is 17.9 Å². The van der Waals surface area contributed by atoms with Crippen LogP contribution in [0.15, 0.2) is 39.4 Å². The minimum atomic E-state index is -0.491. The van der Waals surface area contributed by atoms with Crippen molar-refractivity contribution in [3.05, 3.63) is 44.8 Å². The van der Waals surface area contributed by atoms with E-state index < -0.39 is 18.0 Å². The number of nitrogens with one attached hydrogen (secondary N) is 2. The Morgan fingerprint density at radius 2 is 2.10 bits per heavy atom. The van der Waals surface area contributed by atoms with Crippen LogP contribution in [-0.2, 0) is 16.1 Å². The molecule has 10 heteroatoms. The van der Waals surface area contributed by atoms with Crippen LogP contribution in [0.5, 0.6) is 0 Å². The Hall–Kier alpha value is -2.52. The molecule has 0 radical (unpaired) electrons. The average Bonchev–Trinajstić information content (AvgIpc) is 2.68. The van der Waals surface area contributed by atoms with Crippen LogP contribution in [0.1, 0.15) is 27.2 Å². The van der Waals surface area contributed by atoms with Gasteiger partial charge in [0.25, 0.3) is 5.56 Å². The van der Waals surface area contributed by atoms with E-state index in [4.69, 9.17) is 16.3 Å². The maximum absolute atomic E-state index is 13.0. The number of hydrogen-bond donors (Lipinski definition) is 2. The van der Waals surface area contributed by atoms with Crippen LogP contribution < -0.4 is 16.2 Å². The Kier molecular flexibility index (Phi) is 7.04. The second-order valence-corrected chi connectivity index (χ2v) is 8.11. The smallest absolute Gasteiger partial charge is 0.337 e. The van der Waals surface area contributed by atoms with Gasteiger partial charge < -0.3 is 15.4 Å². The van der Waals surface area contributed by atoms with Crippen molar-refractivity contribution in [2.24, 2.45) is 0 Å². The number of benzene rings is 1. The lowest BCUT2D eigenvalue weighted by Gasteiger charge is -2.26. The van der Waals surface area contributed by atoms with Crippen LogP contribution in [-0.4, -0.2) is 40.0 Å². The fourth-order valence-electron chi connectivity index (χ4n) is 3.23. The van der Waals surface area contributed by atoms with Gasteiger partial charge in [0.1, 0.15) is 0 Å². The number of aromatic nitrogens is 2. The number of halogens is 1. The van der Waals surface area contributed by atoms with Crippen LogP contribution >= 0.6 is 23.4 Å². The van der Waals surface area contributed by atoms with Gasteiger partial charge in [-0.25, -0.2) is 14.6 Å². The van der Waals surface area contributed by atoms with Crippen molar-refractivity contribution in [1.29, 1.82) is 0 Å². The summed E-state index contributed by atoms with van der Waals surface area (Å²) in [4.78, 5) is 41.9. The van der Waals surface area contributed by atoms with Gasteiger partial charge in [-0.2, -0.15) is 0 Å². The van der Waals surface area contributed by atoms with E-state index in [1.54, 1.807) is 36.6 Å². The van der Waals surface area contributed by atoms with Gasteiger partial charge in [-0.15, -0.1) is 0 Å². The normalized spacial score (nSPS) is 16.4. The molecule has 2 aromatic rings. The lowest BCUT2D eigenvalue weighted by molar-refractivity contribution is -0.138. The Labute approximate surface area is 183 Å². The Bertz CT molecular complexity index is 1080. The summed E-state index contributed by atoms with van der Waals surface area (Å²) in [7, 11) is 0. The molecular formula is C20H23ClN4O4S. The van der Waals surface area contributed by atoms with E-state index in [2.05, 4.69) is 15.6 Å². The van der Waals surface area contributed by atoms with Crippen molar-refractivity contribution in [3.8, 4) is 0 Å². The molecule has 30 heavy (non-hydrogen) atoms. The number of urea groups is 1. The van der Waals surface area contributed by atoms with Crippen LogP contribution in [0.2, 0.25) is 5.02 Å². The Balaban J connectivity index is 2.01. The van der Waals surface area contributed by atoms with Gasteiger partial charge in [-0.05, 0) is 38.5 Å². The number of carbonyl (C=O) groups is 2. The van der Waals surface area contributed by atoms with E-state index in [1.807, 2.05) is 6.92 Å². The highest BCUT2D eigenvalue weighted by atomic mass is 35.5. The third-order valence-corrected chi connectivity index (χ3v) is 5.78. The summed E-state index contributed by atoms with van der Waals surface area (Å²) in [5, 5.41) is 6.83. The fourth-order valence-corrected chi connectivity index (χ4v) is 4.40. The van der Waals surface area contributed by atoms with Gasteiger partial charge in [0.15, 0.2) is 5.16 Å². The maximum Gasteiger partial charge on any atom is 0.337 e. The molecule has 0 spiro atoms. The summed E-state index contributed by atoms with van der Waals surface area (Å²) in [5.41, 5.74) is 1.16. The molecule has 0 saturated heterocycles. The summed E-state index contributed by atoms with van der Waals surface area (Å²) in [6.07, 6.45) is 0.753. The highest BCUT2D eigenvalue weighted by molar-refractivity contribution is 7.99. The molecule has 1 unspecified atom stereocenters. The summed E-state index contributed by atoms with van der Waals surface area (Å²) in [6, 6.07) is 4.10. The topological polar surface area (TPSA) is 102 Å². The second-order valence-electron chi connectivity index (χ2n) is 6.73. The van der Waals surface area contributed by atoms with E-state index in [0.717, 1.165) is 6.42 Å². The quantitative estimate of drug-likeness (QED) is 0.382. The third kappa shape index (κ3) is 4.62. The largest absolute Gasteiger partial charge is 0.463 e. The molecule has 2 N–H and O–H groups in total. The number of hydrogen-bond acceptors (Lipinski definition) is 6. The Morgan fingerprint density at radius 3 is 2.80 bits per heavy atom. The van der Waals surface area contributed by atoms with Crippen molar-refractivity contribution in [2.45, 2.75) is 44.9 Å². The minimum absolute atomic E-state index is 0.150. The van der Waals surface area contributed by atoms with Crippen LogP contribution in [0.25, 0.3) is 10.9 Å². The Morgan fingerprint density at radius 1 is 1.33 bits per heavy atom. The predicted molar refractivity (Wildman–Crippen MR) is 117 cm³/mol. The summed E-state index contributed by atoms with van der Waals surface area (Å²) in [5.74, 6) is -0.244. The number of carbonyl (C=O) groups excluding carboxylic acids is 2. The lowest BCUT2D eigenvalue weighted by Crippen LogP contribution is -2.49. The molecule has 1 aliphatic rings. The van der Waals surface area contributed by atoms with E-state index in [9.17, 15) is 14.4 Å². The highest BCUT2D eigenvalue weighted by Crippen LogP contribution is 2.24. The van der Waals surface area contributed by atoms with Gasteiger partial charge in [-0.1, -0.05) is 30.3 Å². The molecule has 2 heterocycles. The first-order valence-corrected chi connectivity index (χ1v) is 11.0. The number of rotatable bonds is 7. The van der Waals surface area contributed by atoms with Crippen LogP contribution in [0.4, 0.5) is 4.79 Å². The van der Waals surface area contributed by atoms with Gasteiger partial charge in [0, 0.05) is 23.0 Å². The average molecular weight is 451 g/mol. The summed E-state index contributed by atoms with van der Waals surface area (Å²) >= 11 is 7.34. The summed E-state index contributed by atoms with van der Waals surface area (Å²) in [6.45, 7) is 6.15. The summed E-state index contributed by atoms with van der Waals surface area (Å²) < 4.78 is 6.75. The maximum atomic E-state index is 13.0. The molecular weight excluding hydrogens is 428 g/mol. The van der Waals surface area contributed by atoms with Gasteiger partial charge in [-0.3, -0.25) is 9.36 Å². The van der Waals surface area contributed by atoms with E-state index in [0.29, 0.717) is 38.9 Å². The van der Waals surface area contributed by atoms with Crippen molar-refractivity contribution < 1.29 is 14.3 Å². The molecule has 160 valence electrons. The van der Waals surface area contributed by atoms with Crippen LogP contribution in [0.3, 0.4) is 0 Å². The number of ether oxygens (including phenoxy) is 1. The molecule has 3 rings (SSSR count). The number of nitrogens with zero attached hydrogens (tertiary/aromatic N) is 2. The first-order chi connectivity index (χ1) is 14.3. The molecule has 0 bridgehead atoms. The second kappa shape index (κ2) is 9.53. The molecule has 2 amide bonds. The molecule has 1 aromatic carbocycles. The number of esters is 1. The fraction of sp³-hybridized carbons (Fsp3) is 0.400. The van der Waals surface area contributed by atoms with Crippen molar-refractivity contribution in [2.75, 3.05) is 12.4 Å².